The van der Waals surface area contributed by atoms with Crippen LogP contribution in [0.4, 0.5) is 4.39 Å². The second-order valence-electron chi connectivity index (χ2n) is 6.87. The summed E-state index contributed by atoms with van der Waals surface area (Å²) in [5, 5.41) is 5.19. The summed E-state index contributed by atoms with van der Waals surface area (Å²) in [5.74, 6) is 0.428. The number of aromatic nitrogens is 1. The van der Waals surface area contributed by atoms with Crippen molar-refractivity contribution in [2.75, 3.05) is 13.2 Å². The molecule has 1 unspecified atom stereocenters. The van der Waals surface area contributed by atoms with E-state index in [1.165, 1.54) is 12.1 Å². The van der Waals surface area contributed by atoms with Crippen LogP contribution >= 0.6 is 0 Å². The average Bonchev–Trinajstić information content (AvgIpc) is 3.06. The summed E-state index contributed by atoms with van der Waals surface area (Å²) in [5.41, 5.74) is 2.16. The molecular formula is C22H21FN2O3. The highest BCUT2D eigenvalue weighted by atomic mass is 19.1. The van der Waals surface area contributed by atoms with E-state index in [0.717, 1.165) is 28.3 Å². The van der Waals surface area contributed by atoms with Crippen molar-refractivity contribution in [3.63, 3.8) is 0 Å². The standard InChI is InChI=1S/C22H21FN2O3/c1-14(10-16-13-25-20-6-4-17(23)11-19(16)20)24-8-9-27-18-5-2-15-3-7-22(26)28-21(15)12-18/h2-7,11-14,24-25H,8-10H2,1H3. The molecule has 5 nitrogen and oxygen atoms in total. The van der Waals surface area contributed by atoms with Crippen molar-refractivity contribution in [3.8, 4) is 5.75 Å². The van der Waals surface area contributed by atoms with Gasteiger partial charge in [-0.3, -0.25) is 0 Å². The highest BCUT2D eigenvalue weighted by Crippen LogP contribution is 2.21. The summed E-state index contributed by atoms with van der Waals surface area (Å²) in [7, 11) is 0. The molecule has 2 aromatic heterocycles. The van der Waals surface area contributed by atoms with E-state index in [1.54, 1.807) is 24.3 Å². The number of nitrogens with one attached hydrogen (secondary N) is 2. The smallest absolute Gasteiger partial charge is 0.336 e. The van der Waals surface area contributed by atoms with Crippen LogP contribution in [-0.2, 0) is 6.42 Å². The van der Waals surface area contributed by atoms with Crippen LogP contribution in [0.25, 0.3) is 21.9 Å². The third kappa shape index (κ3) is 4.07. The number of rotatable bonds is 7. The van der Waals surface area contributed by atoms with E-state index in [9.17, 15) is 9.18 Å². The maximum absolute atomic E-state index is 13.5. The summed E-state index contributed by atoms with van der Waals surface area (Å²) in [6, 6.07) is 13.6. The number of halogens is 1. The van der Waals surface area contributed by atoms with Gasteiger partial charge in [-0.15, -0.1) is 0 Å². The van der Waals surface area contributed by atoms with Crippen LogP contribution in [-0.4, -0.2) is 24.2 Å². The average molecular weight is 380 g/mol. The predicted octanol–water partition coefficient (Wildman–Crippen LogP) is 4.01. The molecule has 2 N–H and O–H groups in total. The number of ether oxygens (including phenoxy) is 1. The Labute approximate surface area is 161 Å². The molecule has 0 saturated carbocycles. The first-order chi connectivity index (χ1) is 13.6. The SMILES string of the molecule is CC(Cc1c[nH]c2ccc(F)cc12)NCCOc1ccc2ccc(=O)oc2c1. The lowest BCUT2D eigenvalue weighted by molar-refractivity contribution is 0.306. The molecular weight excluding hydrogens is 359 g/mol. The van der Waals surface area contributed by atoms with Gasteiger partial charge in [-0.05, 0) is 55.3 Å². The highest BCUT2D eigenvalue weighted by Gasteiger charge is 2.09. The van der Waals surface area contributed by atoms with Crippen molar-refractivity contribution in [1.82, 2.24) is 10.3 Å². The lowest BCUT2D eigenvalue weighted by atomic mass is 10.1. The van der Waals surface area contributed by atoms with Gasteiger partial charge < -0.3 is 19.5 Å². The van der Waals surface area contributed by atoms with Crippen molar-refractivity contribution in [2.45, 2.75) is 19.4 Å². The zero-order valence-corrected chi connectivity index (χ0v) is 15.5. The molecule has 2 aromatic carbocycles. The van der Waals surface area contributed by atoms with E-state index in [2.05, 4.69) is 17.2 Å². The molecule has 4 rings (SSSR count). The summed E-state index contributed by atoms with van der Waals surface area (Å²) in [6.45, 7) is 3.23. The van der Waals surface area contributed by atoms with Gasteiger partial charge in [0.25, 0.3) is 0 Å². The number of H-pyrrole nitrogens is 1. The lowest BCUT2D eigenvalue weighted by Crippen LogP contribution is -2.31. The molecule has 0 spiro atoms. The Morgan fingerprint density at radius 2 is 2.04 bits per heavy atom. The summed E-state index contributed by atoms with van der Waals surface area (Å²) in [6.07, 6.45) is 2.71. The summed E-state index contributed by atoms with van der Waals surface area (Å²) in [4.78, 5) is 14.5. The molecule has 0 amide bonds. The second-order valence-corrected chi connectivity index (χ2v) is 6.87. The van der Waals surface area contributed by atoms with Gasteiger partial charge in [0.15, 0.2) is 0 Å². The molecule has 0 radical (unpaired) electrons. The monoisotopic (exact) mass is 380 g/mol. The van der Waals surface area contributed by atoms with Crippen LogP contribution in [0.15, 0.2) is 63.9 Å². The van der Waals surface area contributed by atoms with Crippen molar-refractivity contribution >= 4 is 21.9 Å². The Hall–Kier alpha value is -3.12. The van der Waals surface area contributed by atoms with E-state index in [1.807, 2.05) is 18.3 Å². The van der Waals surface area contributed by atoms with Crippen molar-refractivity contribution < 1.29 is 13.5 Å². The third-order valence-corrected chi connectivity index (χ3v) is 4.71. The Bertz CT molecular complexity index is 1170. The predicted molar refractivity (Wildman–Crippen MR) is 107 cm³/mol. The molecule has 0 saturated heterocycles. The van der Waals surface area contributed by atoms with Crippen LogP contribution < -0.4 is 15.7 Å². The molecule has 2 heterocycles. The topological polar surface area (TPSA) is 67.3 Å². The molecule has 0 aliphatic heterocycles. The largest absolute Gasteiger partial charge is 0.492 e. The molecule has 0 bridgehead atoms. The van der Waals surface area contributed by atoms with E-state index in [-0.39, 0.29) is 17.5 Å². The molecule has 6 heteroatoms. The Kier molecular flexibility index (Phi) is 5.12. The first-order valence-electron chi connectivity index (χ1n) is 9.24. The number of hydrogen-bond donors (Lipinski definition) is 2. The molecule has 4 aromatic rings. The number of benzene rings is 2. The highest BCUT2D eigenvalue weighted by molar-refractivity contribution is 5.83. The second kappa shape index (κ2) is 7.86. The Morgan fingerprint density at radius 3 is 2.93 bits per heavy atom. The molecule has 144 valence electrons. The number of hydrogen-bond acceptors (Lipinski definition) is 4. The maximum atomic E-state index is 13.5. The van der Waals surface area contributed by atoms with Gasteiger partial charge in [0.2, 0.25) is 0 Å². The van der Waals surface area contributed by atoms with Crippen LogP contribution in [0.2, 0.25) is 0 Å². The van der Waals surface area contributed by atoms with Gasteiger partial charge in [0.05, 0.1) is 0 Å². The fourth-order valence-corrected chi connectivity index (χ4v) is 3.33. The Morgan fingerprint density at radius 1 is 1.18 bits per heavy atom. The number of aromatic amines is 1. The minimum absolute atomic E-state index is 0.209. The zero-order valence-electron chi connectivity index (χ0n) is 15.5. The normalized spacial score (nSPS) is 12.5. The van der Waals surface area contributed by atoms with Gasteiger partial charge in [-0.2, -0.15) is 0 Å². The van der Waals surface area contributed by atoms with E-state index >= 15 is 0 Å². The van der Waals surface area contributed by atoms with Crippen LogP contribution in [0.5, 0.6) is 5.75 Å². The maximum Gasteiger partial charge on any atom is 0.336 e. The van der Waals surface area contributed by atoms with Gasteiger partial charge in [0.1, 0.15) is 23.8 Å². The minimum atomic E-state index is -0.377. The summed E-state index contributed by atoms with van der Waals surface area (Å²) < 4.78 is 24.4. The number of fused-ring (bicyclic) bond motifs is 2. The van der Waals surface area contributed by atoms with Crippen LogP contribution in [0, 0.1) is 5.82 Å². The molecule has 0 aliphatic carbocycles. The van der Waals surface area contributed by atoms with E-state index in [4.69, 9.17) is 9.15 Å². The van der Waals surface area contributed by atoms with Crippen molar-refractivity contribution in [3.05, 3.63) is 76.5 Å². The van der Waals surface area contributed by atoms with Crippen LogP contribution in [0.3, 0.4) is 0 Å². The van der Waals surface area contributed by atoms with Crippen LogP contribution in [0.1, 0.15) is 12.5 Å². The quantitative estimate of drug-likeness (QED) is 0.375. The van der Waals surface area contributed by atoms with Crippen molar-refractivity contribution in [2.24, 2.45) is 0 Å². The molecule has 0 aliphatic rings. The van der Waals surface area contributed by atoms with E-state index in [0.29, 0.717) is 24.5 Å². The molecule has 0 fully saturated rings. The molecule has 28 heavy (non-hydrogen) atoms. The third-order valence-electron chi connectivity index (χ3n) is 4.71. The summed E-state index contributed by atoms with van der Waals surface area (Å²) >= 11 is 0. The fourth-order valence-electron chi connectivity index (χ4n) is 3.33. The minimum Gasteiger partial charge on any atom is -0.492 e. The van der Waals surface area contributed by atoms with E-state index < -0.39 is 0 Å². The van der Waals surface area contributed by atoms with Gasteiger partial charge >= 0.3 is 5.63 Å². The Balaban J connectivity index is 1.30. The van der Waals surface area contributed by atoms with Gasteiger partial charge in [0, 0.05) is 47.2 Å². The van der Waals surface area contributed by atoms with Gasteiger partial charge in [-0.25, -0.2) is 9.18 Å². The zero-order chi connectivity index (χ0) is 19.5. The molecule has 1 atom stereocenters. The fraction of sp³-hybridized carbons (Fsp3) is 0.227. The van der Waals surface area contributed by atoms with Crippen molar-refractivity contribution in [1.29, 1.82) is 0 Å². The lowest BCUT2D eigenvalue weighted by Gasteiger charge is -2.14. The first kappa shape index (κ1) is 18.3. The first-order valence-corrected chi connectivity index (χ1v) is 9.24. The van der Waals surface area contributed by atoms with Gasteiger partial charge in [-0.1, -0.05) is 0 Å².